The number of hydrogen-bond donors (Lipinski definition) is 1. The number of ether oxygens (including phenoxy) is 1. The lowest BCUT2D eigenvalue weighted by atomic mass is 10.1. The molecule has 3 heteroatoms. The molecule has 0 aliphatic heterocycles. The largest absolute Gasteiger partial charge is 0.457 e. The summed E-state index contributed by atoms with van der Waals surface area (Å²) in [5.74, 6) is 1.08. The molecule has 104 valence electrons. The molecule has 3 rings (SSSR count). The Labute approximate surface area is 118 Å². The third-order valence-electron chi connectivity index (χ3n) is 3.77. The average molecular weight is 271 g/mol. The van der Waals surface area contributed by atoms with E-state index in [4.69, 9.17) is 10.5 Å². The maximum Gasteiger partial charge on any atom is 0.133 e. The van der Waals surface area contributed by atoms with Gasteiger partial charge in [0.05, 0.1) is 0 Å². The number of nitrogens with two attached hydrogens (primary N) is 1. The third kappa shape index (κ3) is 2.54. The zero-order valence-electron chi connectivity index (χ0n) is 11.4. The molecule has 0 radical (unpaired) electrons. The van der Waals surface area contributed by atoms with Gasteiger partial charge in [-0.1, -0.05) is 12.1 Å². The molecule has 20 heavy (non-hydrogen) atoms. The van der Waals surface area contributed by atoms with Crippen molar-refractivity contribution in [3.05, 3.63) is 58.9 Å². The number of hydrogen-bond acceptors (Lipinski definition) is 2. The fourth-order valence-electron chi connectivity index (χ4n) is 2.76. The van der Waals surface area contributed by atoms with Crippen LogP contribution in [0.3, 0.4) is 0 Å². The minimum absolute atomic E-state index is 0.255. The molecule has 0 atom stereocenters. The lowest BCUT2D eigenvalue weighted by Gasteiger charge is -2.12. The molecule has 0 heterocycles. The lowest BCUT2D eigenvalue weighted by Crippen LogP contribution is -2.06. The van der Waals surface area contributed by atoms with Crippen LogP contribution in [0.2, 0.25) is 0 Å². The molecule has 2 nitrogen and oxygen atoms in total. The highest BCUT2D eigenvalue weighted by Gasteiger charge is 2.13. The lowest BCUT2D eigenvalue weighted by molar-refractivity contribution is 0.466. The molecule has 0 fully saturated rings. The Balaban J connectivity index is 1.89. The van der Waals surface area contributed by atoms with Gasteiger partial charge in [0.2, 0.25) is 0 Å². The van der Waals surface area contributed by atoms with Crippen molar-refractivity contribution in [1.29, 1.82) is 0 Å². The molecule has 1 aliphatic carbocycles. The quantitative estimate of drug-likeness (QED) is 0.922. The number of halogens is 1. The zero-order chi connectivity index (χ0) is 13.9. The third-order valence-corrected chi connectivity index (χ3v) is 3.77. The first-order valence-corrected chi connectivity index (χ1v) is 7.05. The fraction of sp³-hybridized carbons (Fsp3) is 0.294. The molecule has 0 unspecified atom stereocenters. The number of aryl methyl sites for hydroxylation is 2. The predicted octanol–water partition coefficient (Wildman–Crippen LogP) is 3.61. The molecule has 0 spiro atoms. The highest BCUT2D eigenvalue weighted by molar-refractivity contribution is 5.43. The number of fused-ring (bicyclic) bond motifs is 1. The molecule has 0 saturated heterocycles. The van der Waals surface area contributed by atoms with Gasteiger partial charge in [0.1, 0.15) is 17.3 Å². The van der Waals surface area contributed by atoms with E-state index in [1.807, 2.05) is 6.07 Å². The summed E-state index contributed by atoms with van der Waals surface area (Å²) in [6.45, 7) is 0.404. The number of rotatable bonds is 4. The first-order valence-electron chi connectivity index (χ1n) is 7.05. The molecule has 1 aliphatic rings. The van der Waals surface area contributed by atoms with Gasteiger partial charge < -0.3 is 10.5 Å². The van der Waals surface area contributed by atoms with Gasteiger partial charge in [-0.2, -0.15) is 0 Å². The van der Waals surface area contributed by atoms with Gasteiger partial charge >= 0.3 is 0 Å². The summed E-state index contributed by atoms with van der Waals surface area (Å²) in [6, 6.07) is 11.0. The van der Waals surface area contributed by atoms with Gasteiger partial charge in [-0.3, -0.25) is 0 Å². The molecule has 2 N–H and O–H groups in total. The van der Waals surface area contributed by atoms with E-state index in [1.54, 1.807) is 12.1 Å². The average Bonchev–Trinajstić information content (AvgIpc) is 2.90. The minimum Gasteiger partial charge on any atom is -0.457 e. The Morgan fingerprint density at radius 3 is 2.80 bits per heavy atom. The Hall–Kier alpha value is -1.87. The summed E-state index contributed by atoms with van der Waals surface area (Å²) < 4.78 is 19.7. The van der Waals surface area contributed by atoms with E-state index in [9.17, 15) is 4.39 Å². The molecule has 0 aromatic heterocycles. The van der Waals surface area contributed by atoms with Crippen LogP contribution >= 0.6 is 0 Å². The van der Waals surface area contributed by atoms with E-state index in [2.05, 4.69) is 12.1 Å². The van der Waals surface area contributed by atoms with E-state index in [-0.39, 0.29) is 5.82 Å². The summed E-state index contributed by atoms with van der Waals surface area (Å²) >= 11 is 0. The van der Waals surface area contributed by atoms with Crippen molar-refractivity contribution in [1.82, 2.24) is 0 Å². The normalized spacial score (nSPS) is 13.3. The standard InChI is InChI=1S/C17H18FNO/c18-16-5-2-6-17(15(16)9-10-19)20-14-8-7-12-3-1-4-13(12)11-14/h2,5-8,11H,1,3-4,9-10,19H2. The van der Waals surface area contributed by atoms with Crippen LogP contribution in [0.1, 0.15) is 23.1 Å². The summed E-state index contributed by atoms with van der Waals surface area (Å²) in [5, 5.41) is 0. The summed E-state index contributed by atoms with van der Waals surface area (Å²) in [5.41, 5.74) is 8.84. The SMILES string of the molecule is NCCc1c(F)cccc1Oc1ccc2c(c1)CCC2. The van der Waals surface area contributed by atoms with Crippen molar-refractivity contribution in [3.63, 3.8) is 0 Å². The van der Waals surface area contributed by atoms with Gasteiger partial charge in [0.15, 0.2) is 0 Å². The van der Waals surface area contributed by atoms with Gasteiger partial charge in [0, 0.05) is 5.56 Å². The van der Waals surface area contributed by atoms with E-state index < -0.39 is 0 Å². The molecule has 2 aromatic carbocycles. The monoisotopic (exact) mass is 271 g/mol. The number of benzene rings is 2. The minimum atomic E-state index is -0.255. The van der Waals surface area contributed by atoms with Gasteiger partial charge in [-0.05, 0) is 67.6 Å². The second kappa shape index (κ2) is 5.63. The maximum absolute atomic E-state index is 13.8. The van der Waals surface area contributed by atoms with Crippen molar-refractivity contribution >= 4 is 0 Å². The van der Waals surface area contributed by atoms with Crippen LogP contribution in [0.15, 0.2) is 36.4 Å². The molecule has 0 bridgehead atoms. The Bertz CT molecular complexity index is 624. The molecule has 2 aromatic rings. The highest BCUT2D eigenvalue weighted by atomic mass is 19.1. The second-order valence-electron chi connectivity index (χ2n) is 5.14. The second-order valence-corrected chi connectivity index (χ2v) is 5.14. The summed E-state index contributed by atoms with van der Waals surface area (Å²) in [4.78, 5) is 0. The van der Waals surface area contributed by atoms with E-state index >= 15 is 0 Å². The Morgan fingerprint density at radius 1 is 1.10 bits per heavy atom. The van der Waals surface area contributed by atoms with E-state index in [1.165, 1.54) is 23.6 Å². The van der Waals surface area contributed by atoms with Crippen LogP contribution in [0.4, 0.5) is 4.39 Å². The van der Waals surface area contributed by atoms with Crippen LogP contribution in [-0.4, -0.2) is 6.54 Å². The van der Waals surface area contributed by atoms with Crippen molar-refractivity contribution in [2.24, 2.45) is 5.73 Å². The van der Waals surface area contributed by atoms with Crippen LogP contribution < -0.4 is 10.5 Å². The highest BCUT2D eigenvalue weighted by Crippen LogP contribution is 2.31. The van der Waals surface area contributed by atoms with Crippen LogP contribution in [0.5, 0.6) is 11.5 Å². The summed E-state index contributed by atoms with van der Waals surface area (Å²) in [7, 11) is 0. The van der Waals surface area contributed by atoms with Gasteiger partial charge in [-0.15, -0.1) is 0 Å². The Kier molecular flexibility index (Phi) is 3.70. The van der Waals surface area contributed by atoms with Crippen molar-refractivity contribution in [3.8, 4) is 11.5 Å². The maximum atomic E-state index is 13.8. The molecular formula is C17H18FNO. The zero-order valence-corrected chi connectivity index (χ0v) is 11.4. The Morgan fingerprint density at radius 2 is 1.95 bits per heavy atom. The van der Waals surface area contributed by atoms with Gasteiger partial charge in [0.25, 0.3) is 0 Å². The molecular weight excluding hydrogens is 253 g/mol. The van der Waals surface area contributed by atoms with Gasteiger partial charge in [-0.25, -0.2) is 4.39 Å². The summed E-state index contributed by atoms with van der Waals surface area (Å²) in [6.07, 6.45) is 3.93. The predicted molar refractivity (Wildman–Crippen MR) is 77.7 cm³/mol. The van der Waals surface area contributed by atoms with Crippen LogP contribution in [0.25, 0.3) is 0 Å². The van der Waals surface area contributed by atoms with E-state index in [0.29, 0.717) is 24.3 Å². The van der Waals surface area contributed by atoms with Crippen LogP contribution in [0, 0.1) is 5.82 Å². The first kappa shape index (κ1) is 13.1. The van der Waals surface area contributed by atoms with E-state index in [0.717, 1.165) is 18.6 Å². The first-order chi connectivity index (χ1) is 9.78. The van der Waals surface area contributed by atoms with Crippen molar-refractivity contribution < 1.29 is 9.13 Å². The van der Waals surface area contributed by atoms with Crippen molar-refractivity contribution in [2.75, 3.05) is 6.54 Å². The van der Waals surface area contributed by atoms with Crippen LogP contribution in [-0.2, 0) is 19.3 Å². The smallest absolute Gasteiger partial charge is 0.133 e. The molecule has 0 amide bonds. The topological polar surface area (TPSA) is 35.2 Å². The van der Waals surface area contributed by atoms with Crippen molar-refractivity contribution in [2.45, 2.75) is 25.7 Å². The fourth-order valence-corrected chi connectivity index (χ4v) is 2.76. The molecule has 0 saturated carbocycles.